The largest absolute Gasteiger partial charge is 0.478 e. The van der Waals surface area contributed by atoms with Gasteiger partial charge in [-0.05, 0) is 12.1 Å². The third kappa shape index (κ3) is 2.48. The van der Waals surface area contributed by atoms with Crippen LogP contribution in [-0.4, -0.2) is 32.1 Å². The minimum atomic E-state index is -1.11. The van der Waals surface area contributed by atoms with Crippen molar-refractivity contribution < 1.29 is 19.2 Å². The number of aromatic nitrogens is 3. The van der Waals surface area contributed by atoms with E-state index in [2.05, 4.69) is 25.0 Å². The second-order valence-corrected chi connectivity index (χ2v) is 3.33. The molecule has 92 valence electrons. The molecule has 18 heavy (non-hydrogen) atoms. The number of aryl methyl sites for hydroxylation is 1. The van der Waals surface area contributed by atoms with Crippen molar-refractivity contribution in [1.29, 1.82) is 0 Å². The second-order valence-electron chi connectivity index (χ2n) is 3.33. The molecule has 8 heteroatoms. The van der Waals surface area contributed by atoms with E-state index in [-0.39, 0.29) is 23.1 Å². The van der Waals surface area contributed by atoms with Gasteiger partial charge in [-0.3, -0.25) is 4.79 Å². The average molecular weight is 248 g/mol. The van der Waals surface area contributed by atoms with Gasteiger partial charge in [-0.15, -0.1) is 0 Å². The summed E-state index contributed by atoms with van der Waals surface area (Å²) in [7, 11) is 0. The van der Waals surface area contributed by atoms with E-state index in [9.17, 15) is 9.59 Å². The number of anilines is 1. The molecule has 0 aliphatic carbocycles. The Morgan fingerprint density at radius 3 is 2.83 bits per heavy atom. The summed E-state index contributed by atoms with van der Waals surface area (Å²) < 4.78 is 4.65. The molecule has 0 aromatic carbocycles. The van der Waals surface area contributed by atoms with Crippen molar-refractivity contribution >= 4 is 17.7 Å². The number of nitrogens with one attached hydrogen (secondary N) is 1. The maximum atomic E-state index is 11.6. The van der Waals surface area contributed by atoms with Gasteiger partial charge < -0.3 is 14.9 Å². The molecular formula is C10H8N4O4. The number of hydrogen-bond donors (Lipinski definition) is 2. The summed E-state index contributed by atoms with van der Waals surface area (Å²) in [6, 6.07) is 2.55. The number of carbonyl (C=O) groups is 2. The summed E-state index contributed by atoms with van der Waals surface area (Å²) in [5.74, 6) is -1.52. The van der Waals surface area contributed by atoms with E-state index >= 15 is 0 Å². The van der Waals surface area contributed by atoms with Crippen LogP contribution in [0.3, 0.4) is 0 Å². The van der Waals surface area contributed by atoms with Crippen LogP contribution in [0.15, 0.2) is 22.9 Å². The lowest BCUT2D eigenvalue weighted by atomic mass is 10.2. The number of hydrogen-bond acceptors (Lipinski definition) is 6. The third-order valence-electron chi connectivity index (χ3n) is 1.98. The Labute approximate surface area is 101 Å². The van der Waals surface area contributed by atoms with Crippen molar-refractivity contribution in [3.8, 4) is 0 Å². The van der Waals surface area contributed by atoms with Crippen molar-refractivity contribution in [2.45, 2.75) is 6.92 Å². The van der Waals surface area contributed by atoms with Gasteiger partial charge in [-0.2, -0.15) is 4.98 Å². The normalized spacial score (nSPS) is 10.1. The van der Waals surface area contributed by atoms with Crippen molar-refractivity contribution in [2.24, 2.45) is 0 Å². The number of aromatic carboxylic acids is 1. The molecule has 0 bridgehead atoms. The molecule has 2 aromatic rings. The predicted molar refractivity (Wildman–Crippen MR) is 58.2 cm³/mol. The first kappa shape index (κ1) is 11.7. The van der Waals surface area contributed by atoms with Gasteiger partial charge in [0.1, 0.15) is 5.82 Å². The Morgan fingerprint density at radius 1 is 1.44 bits per heavy atom. The fourth-order valence-corrected chi connectivity index (χ4v) is 1.20. The molecule has 0 atom stereocenters. The van der Waals surface area contributed by atoms with E-state index in [1.807, 2.05) is 0 Å². The van der Waals surface area contributed by atoms with Crippen LogP contribution in [0.25, 0.3) is 0 Å². The van der Waals surface area contributed by atoms with Gasteiger partial charge in [-0.1, -0.05) is 5.16 Å². The SMILES string of the molecule is Cc1nc(C(=O)Nc2cc(C(=O)O)ccn2)no1. The van der Waals surface area contributed by atoms with Crippen LogP contribution in [-0.2, 0) is 0 Å². The van der Waals surface area contributed by atoms with Gasteiger partial charge in [0.25, 0.3) is 11.7 Å². The zero-order valence-corrected chi connectivity index (χ0v) is 9.25. The quantitative estimate of drug-likeness (QED) is 0.821. The lowest BCUT2D eigenvalue weighted by molar-refractivity contribution is 0.0696. The Bertz CT molecular complexity index is 607. The topological polar surface area (TPSA) is 118 Å². The van der Waals surface area contributed by atoms with Gasteiger partial charge in [0.05, 0.1) is 5.56 Å². The Hall–Kier alpha value is -2.77. The summed E-state index contributed by atoms with van der Waals surface area (Å²) in [5, 5.41) is 14.6. The van der Waals surface area contributed by atoms with Crippen LogP contribution in [0, 0.1) is 6.92 Å². The molecule has 2 heterocycles. The smallest absolute Gasteiger partial charge is 0.335 e. The first-order valence-electron chi connectivity index (χ1n) is 4.87. The number of nitrogens with zero attached hydrogens (tertiary/aromatic N) is 3. The van der Waals surface area contributed by atoms with Crippen LogP contribution in [0.1, 0.15) is 26.9 Å². The molecule has 0 radical (unpaired) electrons. The summed E-state index contributed by atoms with van der Waals surface area (Å²) >= 11 is 0. The van der Waals surface area contributed by atoms with E-state index in [1.54, 1.807) is 6.92 Å². The predicted octanol–water partition coefficient (Wildman–Crippen LogP) is 0.724. The van der Waals surface area contributed by atoms with Crippen molar-refractivity contribution in [1.82, 2.24) is 15.1 Å². The number of carboxylic acids is 1. The first-order chi connectivity index (χ1) is 8.56. The highest BCUT2D eigenvalue weighted by Gasteiger charge is 2.14. The lowest BCUT2D eigenvalue weighted by Gasteiger charge is -2.01. The highest BCUT2D eigenvalue weighted by molar-refractivity contribution is 6.01. The number of pyridine rings is 1. The van der Waals surface area contributed by atoms with Crippen LogP contribution < -0.4 is 5.32 Å². The molecule has 1 amide bonds. The molecule has 2 N–H and O–H groups in total. The van der Waals surface area contributed by atoms with Crippen molar-refractivity contribution in [2.75, 3.05) is 5.32 Å². The molecule has 0 aliphatic rings. The van der Waals surface area contributed by atoms with Crippen molar-refractivity contribution in [3.05, 3.63) is 35.6 Å². The third-order valence-corrected chi connectivity index (χ3v) is 1.98. The fourth-order valence-electron chi connectivity index (χ4n) is 1.20. The van der Waals surface area contributed by atoms with E-state index < -0.39 is 11.9 Å². The standard InChI is InChI=1S/C10H8N4O4/c1-5-12-8(14-18-5)9(15)13-7-4-6(10(16)17)2-3-11-7/h2-4H,1H3,(H,16,17)(H,11,13,15). The van der Waals surface area contributed by atoms with Gasteiger partial charge >= 0.3 is 5.97 Å². The molecular weight excluding hydrogens is 240 g/mol. The molecule has 0 saturated carbocycles. The summed E-state index contributed by atoms with van der Waals surface area (Å²) in [5.41, 5.74) is 0.0181. The Balaban J connectivity index is 2.16. The molecule has 0 saturated heterocycles. The van der Waals surface area contributed by atoms with Gasteiger partial charge in [-0.25, -0.2) is 9.78 Å². The molecule has 2 aromatic heterocycles. The van der Waals surface area contributed by atoms with Crippen LogP contribution >= 0.6 is 0 Å². The molecule has 0 unspecified atom stereocenters. The second kappa shape index (κ2) is 4.62. The van der Waals surface area contributed by atoms with E-state index in [0.717, 1.165) is 0 Å². The summed E-state index contributed by atoms with van der Waals surface area (Å²) in [6.07, 6.45) is 1.28. The zero-order chi connectivity index (χ0) is 13.1. The van der Waals surface area contributed by atoms with Crippen LogP contribution in [0.4, 0.5) is 5.82 Å². The van der Waals surface area contributed by atoms with E-state index in [0.29, 0.717) is 0 Å². The number of carboxylic acid groups (broad SMARTS) is 1. The minimum absolute atomic E-state index is 0.0181. The van der Waals surface area contributed by atoms with E-state index in [1.165, 1.54) is 18.3 Å². The van der Waals surface area contributed by atoms with Gasteiger partial charge in [0.2, 0.25) is 5.89 Å². The maximum Gasteiger partial charge on any atom is 0.335 e. The molecule has 0 aliphatic heterocycles. The maximum absolute atomic E-state index is 11.6. The molecule has 0 spiro atoms. The fraction of sp³-hybridized carbons (Fsp3) is 0.100. The van der Waals surface area contributed by atoms with Crippen molar-refractivity contribution in [3.63, 3.8) is 0 Å². The average Bonchev–Trinajstić information content (AvgIpc) is 2.76. The first-order valence-corrected chi connectivity index (χ1v) is 4.87. The molecule has 0 fully saturated rings. The van der Waals surface area contributed by atoms with Gasteiger partial charge in [0.15, 0.2) is 0 Å². The van der Waals surface area contributed by atoms with Gasteiger partial charge in [0, 0.05) is 13.1 Å². The Kier molecular flexibility index (Phi) is 3.00. The minimum Gasteiger partial charge on any atom is -0.478 e. The zero-order valence-electron chi connectivity index (χ0n) is 9.25. The number of rotatable bonds is 3. The summed E-state index contributed by atoms with van der Waals surface area (Å²) in [6.45, 7) is 1.55. The molecule has 2 rings (SSSR count). The highest BCUT2D eigenvalue weighted by Crippen LogP contribution is 2.08. The summed E-state index contributed by atoms with van der Waals surface area (Å²) in [4.78, 5) is 29.9. The highest BCUT2D eigenvalue weighted by atomic mass is 16.5. The van der Waals surface area contributed by atoms with Crippen LogP contribution in [0.5, 0.6) is 0 Å². The number of amides is 1. The molecule has 8 nitrogen and oxygen atoms in total. The van der Waals surface area contributed by atoms with Crippen LogP contribution in [0.2, 0.25) is 0 Å². The monoisotopic (exact) mass is 248 g/mol. The lowest BCUT2D eigenvalue weighted by Crippen LogP contribution is -2.15. The Morgan fingerprint density at radius 2 is 2.22 bits per heavy atom. The number of carbonyl (C=O) groups excluding carboxylic acids is 1. The van der Waals surface area contributed by atoms with E-state index in [4.69, 9.17) is 5.11 Å².